The molecule has 0 saturated carbocycles. The van der Waals surface area contributed by atoms with Gasteiger partial charge >= 0.3 is 12.1 Å². The molecule has 0 saturated heterocycles. The summed E-state index contributed by atoms with van der Waals surface area (Å²) >= 11 is 0. The molecule has 0 unspecified atom stereocenters. The summed E-state index contributed by atoms with van der Waals surface area (Å²) in [6, 6.07) is 15.9. The van der Waals surface area contributed by atoms with Crippen molar-refractivity contribution in [2.45, 2.75) is 13.1 Å². The van der Waals surface area contributed by atoms with Gasteiger partial charge < -0.3 is 18.6 Å². The number of hydrogen-bond donors (Lipinski definition) is 0. The lowest BCUT2D eigenvalue weighted by molar-refractivity contribution is -0.154. The molecule has 0 fully saturated rings. The summed E-state index contributed by atoms with van der Waals surface area (Å²) in [7, 11) is 1.44. The Hall–Kier alpha value is -4.27. The molecule has 6 nitrogen and oxygen atoms in total. The standard InChI is InChI=1S/C25H17F3O6/c1-14-5-3-8-17(11-14)32-22-21(29)19-10-9-18(13-20(19)34-23(22)25(26,27)28)33-24(30)15-6-4-7-16(12-15)31-2/h3-13H,1-2H3. The summed E-state index contributed by atoms with van der Waals surface area (Å²) in [6.45, 7) is 1.73. The van der Waals surface area contributed by atoms with Crippen LogP contribution >= 0.6 is 0 Å². The molecular weight excluding hydrogens is 453 g/mol. The van der Waals surface area contributed by atoms with Crippen LogP contribution in [0.4, 0.5) is 13.2 Å². The molecule has 1 heterocycles. The highest BCUT2D eigenvalue weighted by Gasteiger charge is 2.40. The monoisotopic (exact) mass is 470 g/mol. The number of carbonyl (C=O) groups is 1. The zero-order chi connectivity index (χ0) is 24.5. The molecular formula is C25H17F3O6. The fourth-order valence-electron chi connectivity index (χ4n) is 3.21. The number of alkyl halides is 3. The maximum atomic E-state index is 13.7. The first-order chi connectivity index (χ1) is 16.2. The first kappa shape index (κ1) is 22.9. The van der Waals surface area contributed by atoms with E-state index in [1.165, 1.54) is 43.5 Å². The number of halogens is 3. The number of fused-ring (bicyclic) bond motifs is 1. The zero-order valence-electron chi connectivity index (χ0n) is 17.9. The van der Waals surface area contributed by atoms with Crippen molar-refractivity contribution in [1.82, 2.24) is 0 Å². The second kappa shape index (κ2) is 8.93. The minimum absolute atomic E-state index is 0.0565. The van der Waals surface area contributed by atoms with E-state index in [0.717, 1.165) is 11.6 Å². The van der Waals surface area contributed by atoms with Crippen LogP contribution in [0.15, 0.2) is 75.9 Å². The summed E-state index contributed by atoms with van der Waals surface area (Å²) < 4.78 is 61.8. The third kappa shape index (κ3) is 4.73. The normalized spacial score (nSPS) is 11.3. The number of benzene rings is 3. The molecule has 9 heteroatoms. The van der Waals surface area contributed by atoms with Crippen molar-refractivity contribution in [2.24, 2.45) is 0 Å². The van der Waals surface area contributed by atoms with Gasteiger partial charge in [-0.2, -0.15) is 13.2 Å². The second-order valence-corrected chi connectivity index (χ2v) is 7.29. The summed E-state index contributed by atoms with van der Waals surface area (Å²) in [5, 5.41) is -0.170. The number of methoxy groups -OCH3 is 1. The maximum Gasteiger partial charge on any atom is 0.453 e. The summed E-state index contributed by atoms with van der Waals surface area (Å²) in [4.78, 5) is 25.3. The van der Waals surface area contributed by atoms with Gasteiger partial charge in [-0.15, -0.1) is 0 Å². The Morgan fingerprint density at radius 3 is 2.35 bits per heavy atom. The van der Waals surface area contributed by atoms with Crippen molar-refractivity contribution < 1.29 is 36.6 Å². The number of esters is 1. The van der Waals surface area contributed by atoms with Crippen molar-refractivity contribution in [3.8, 4) is 23.0 Å². The molecule has 0 N–H and O–H groups in total. The van der Waals surface area contributed by atoms with Crippen LogP contribution in [0.3, 0.4) is 0 Å². The Kier molecular flexibility index (Phi) is 6.02. The van der Waals surface area contributed by atoms with Gasteiger partial charge in [0.1, 0.15) is 22.8 Å². The van der Waals surface area contributed by atoms with Crippen LogP contribution in [0.2, 0.25) is 0 Å². The molecule has 3 aromatic carbocycles. The fraction of sp³-hybridized carbons (Fsp3) is 0.120. The molecule has 1 aromatic heterocycles. The molecule has 174 valence electrons. The van der Waals surface area contributed by atoms with Gasteiger partial charge in [0, 0.05) is 6.07 Å². The lowest BCUT2D eigenvalue weighted by Gasteiger charge is -2.14. The lowest BCUT2D eigenvalue weighted by atomic mass is 10.2. The van der Waals surface area contributed by atoms with Gasteiger partial charge in [0.05, 0.1) is 18.1 Å². The molecule has 0 atom stereocenters. The van der Waals surface area contributed by atoms with Crippen molar-refractivity contribution in [3.05, 3.63) is 93.8 Å². The molecule has 0 aliphatic rings. The number of carbonyl (C=O) groups excluding carboxylic acids is 1. The fourth-order valence-corrected chi connectivity index (χ4v) is 3.21. The van der Waals surface area contributed by atoms with Crippen LogP contribution in [-0.2, 0) is 6.18 Å². The molecule has 4 rings (SSSR count). The van der Waals surface area contributed by atoms with Gasteiger partial charge in [0.2, 0.25) is 11.2 Å². The number of aryl methyl sites for hydroxylation is 1. The minimum Gasteiger partial charge on any atom is -0.497 e. The van der Waals surface area contributed by atoms with Crippen LogP contribution in [-0.4, -0.2) is 13.1 Å². The molecule has 0 aliphatic carbocycles. The number of hydrogen-bond acceptors (Lipinski definition) is 6. The summed E-state index contributed by atoms with van der Waals surface area (Å²) in [5.74, 6) is -2.97. The first-order valence-corrected chi connectivity index (χ1v) is 9.94. The van der Waals surface area contributed by atoms with Crippen molar-refractivity contribution in [3.63, 3.8) is 0 Å². The van der Waals surface area contributed by atoms with E-state index in [1.54, 1.807) is 31.2 Å². The van der Waals surface area contributed by atoms with E-state index in [0.29, 0.717) is 5.75 Å². The van der Waals surface area contributed by atoms with Crippen molar-refractivity contribution >= 4 is 16.9 Å². The highest BCUT2D eigenvalue weighted by Crippen LogP contribution is 2.38. The first-order valence-electron chi connectivity index (χ1n) is 9.94. The zero-order valence-corrected chi connectivity index (χ0v) is 17.9. The van der Waals surface area contributed by atoms with Crippen molar-refractivity contribution in [1.29, 1.82) is 0 Å². The quantitative estimate of drug-likeness (QED) is 0.258. The van der Waals surface area contributed by atoms with Gasteiger partial charge in [-0.1, -0.05) is 18.2 Å². The van der Waals surface area contributed by atoms with Crippen LogP contribution in [0.25, 0.3) is 11.0 Å². The van der Waals surface area contributed by atoms with Crippen LogP contribution in [0.5, 0.6) is 23.0 Å². The molecule has 0 spiro atoms. The molecule has 0 bridgehead atoms. The van der Waals surface area contributed by atoms with Gasteiger partial charge in [0.25, 0.3) is 5.76 Å². The predicted molar refractivity (Wildman–Crippen MR) is 117 cm³/mol. The Morgan fingerprint density at radius 2 is 1.65 bits per heavy atom. The van der Waals surface area contributed by atoms with E-state index >= 15 is 0 Å². The molecule has 0 radical (unpaired) electrons. The Morgan fingerprint density at radius 1 is 0.912 bits per heavy atom. The highest BCUT2D eigenvalue weighted by atomic mass is 19.4. The second-order valence-electron chi connectivity index (χ2n) is 7.29. The largest absolute Gasteiger partial charge is 0.497 e. The third-order valence-electron chi connectivity index (χ3n) is 4.81. The van der Waals surface area contributed by atoms with E-state index < -0.39 is 34.7 Å². The maximum absolute atomic E-state index is 13.7. The van der Waals surface area contributed by atoms with E-state index in [9.17, 15) is 22.8 Å². The van der Waals surface area contributed by atoms with Crippen LogP contribution in [0.1, 0.15) is 21.7 Å². The SMILES string of the molecule is COc1cccc(C(=O)Oc2ccc3c(=O)c(Oc4cccc(C)c4)c(C(F)(F)F)oc3c2)c1. The Labute approximate surface area is 191 Å². The van der Waals surface area contributed by atoms with Crippen LogP contribution < -0.4 is 19.6 Å². The molecule has 34 heavy (non-hydrogen) atoms. The number of rotatable bonds is 5. The topological polar surface area (TPSA) is 75.0 Å². The van der Waals surface area contributed by atoms with E-state index in [4.69, 9.17) is 18.6 Å². The van der Waals surface area contributed by atoms with Gasteiger partial charge in [-0.25, -0.2) is 4.79 Å². The summed E-state index contributed by atoms with van der Waals surface area (Å²) in [6.07, 6.45) is -5.01. The average Bonchev–Trinajstić information content (AvgIpc) is 2.80. The van der Waals surface area contributed by atoms with Gasteiger partial charge in [0.15, 0.2) is 0 Å². The van der Waals surface area contributed by atoms with E-state index in [2.05, 4.69) is 0 Å². The highest BCUT2D eigenvalue weighted by molar-refractivity contribution is 5.92. The molecule has 0 amide bonds. The summed E-state index contributed by atoms with van der Waals surface area (Å²) in [5.41, 5.74) is -0.525. The molecule has 4 aromatic rings. The predicted octanol–water partition coefficient (Wildman–Crippen LogP) is 6.14. The third-order valence-corrected chi connectivity index (χ3v) is 4.81. The minimum atomic E-state index is -5.01. The van der Waals surface area contributed by atoms with E-state index in [-0.39, 0.29) is 22.4 Å². The number of ether oxygens (including phenoxy) is 3. The molecule has 0 aliphatic heterocycles. The Bertz CT molecular complexity index is 1440. The average molecular weight is 470 g/mol. The van der Waals surface area contributed by atoms with Gasteiger partial charge in [-0.3, -0.25) is 4.79 Å². The van der Waals surface area contributed by atoms with Crippen molar-refractivity contribution in [2.75, 3.05) is 7.11 Å². The van der Waals surface area contributed by atoms with Crippen LogP contribution in [0, 0.1) is 6.92 Å². The Balaban J connectivity index is 1.74. The lowest BCUT2D eigenvalue weighted by Crippen LogP contribution is -2.15. The van der Waals surface area contributed by atoms with Gasteiger partial charge in [-0.05, 0) is 55.0 Å². The smallest absolute Gasteiger partial charge is 0.453 e. The van der Waals surface area contributed by atoms with E-state index in [1.807, 2.05) is 0 Å².